The third-order valence-electron chi connectivity index (χ3n) is 2.60. The van der Waals surface area contributed by atoms with Crippen molar-refractivity contribution in [2.45, 2.75) is 26.2 Å². The van der Waals surface area contributed by atoms with Crippen molar-refractivity contribution in [3.8, 4) is 0 Å². The highest BCUT2D eigenvalue weighted by molar-refractivity contribution is 14.1. The molecule has 1 aromatic rings. The fourth-order valence-corrected chi connectivity index (χ4v) is 3.65. The number of amides is 1. The lowest BCUT2D eigenvalue weighted by Crippen LogP contribution is -2.29. The van der Waals surface area contributed by atoms with Gasteiger partial charge in [-0.1, -0.05) is 29.3 Å². The Kier molecular flexibility index (Phi) is 7.70. The van der Waals surface area contributed by atoms with Gasteiger partial charge < -0.3 is 5.32 Å². The minimum Gasteiger partial charge on any atom is -0.352 e. The Labute approximate surface area is 129 Å². The molecular weight excluding hydrogens is 413 g/mol. The quantitative estimate of drug-likeness (QED) is 0.508. The van der Waals surface area contributed by atoms with E-state index in [0.717, 1.165) is 26.7 Å². The van der Waals surface area contributed by atoms with Crippen molar-refractivity contribution in [2.75, 3.05) is 11.9 Å². The van der Waals surface area contributed by atoms with Crippen LogP contribution in [0.15, 0.2) is 11.4 Å². The summed E-state index contributed by atoms with van der Waals surface area (Å²) in [5.74, 6) is 0.640. The maximum atomic E-state index is 11.9. The van der Waals surface area contributed by atoms with Gasteiger partial charge >= 0.3 is 0 Å². The van der Waals surface area contributed by atoms with E-state index in [1.165, 1.54) is 12.8 Å². The average Bonchev–Trinajstić information content (AvgIpc) is 2.73. The van der Waals surface area contributed by atoms with E-state index in [2.05, 4.69) is 50.8 Å². The first-order chi connectivity index (χ1) is 8.17. The minimum absolute atomic E-state index is 0.0554. The first kappa shape index (κ1) is 15.4. The Bertz CT molecular complexity index is 350. The maximum absolute atomic E-state index is 11.9. The second kappa shape index (κ2) is 8.48. The molecule has 0 aliphatic rings. The van der Waals surface area contributed by atoms with Crippen LogP contribution >= 0.6 is 49.9 Å². The average molecular weight is 430 g/mol. The Balaban J connectivity index is 2.40. The Morgan fingerprint density at radius 2 is 2.35 bits per heavy atom. The molecule has 0 bridgehead atoms. The third-order valence-corrected chi connectivity index (χ3v) is 4.84. The van der Waals surface area contributed by atoms with E-state index < -0.39 is 0 Å². The highest BCUT2D eigenvalue weighted by Gasteiger charge is 2.11. The molecule has 0 aromatic carbocycles. The van der Waals surface area contributed by atoms with Crippen molar-refractivity contribution < 1.29 is 4.79 Å². The fraction of sp³-hybridized carbons (Fsp3) is 0.583. The molecule has 5 heteroatoms. The van der Waals surface area contributed by atoms with Crippen LogP contribution < -0.4 is 5.32 Å². The second-order valence-corrected chi connectivity index (χ2v) is 7.58. The summed E-state index contributed by atoms with van der Waals surface area (Å²) in [5.41, 5.74) is 0.786. The SMILES string of the molecule is CCCC(CCBr)CNC(=O)c1csc(I)c1. The fourth-order valence-electron chi connectivity index (χ4n) is 1.68. The van der Waals surface area contributed by atoms with Gasteiger partial charge in [-0.25, -0.2) is 0 Å². The molecule has 1 N–H and O–H groups in total. The molecule has 0 fully saturated rings. The summed E-state index contributed by atoms with van der Waals surface area (Å²) in [6, 6.07) is 1.93. The van der Waals surface area contributed by atoms with Crippen LogP contribution in [0.1, 0.15) is 36.5 Å². The molecule has 0 aliphatic carbocycles. The normalized spacial score (nSPS) is 12.4. The van der Waals surface area contributed by atoms with Gasteiger partial charge in [-0.3, -0.25) is 4.79 Å². The van der Waals surface area contributed by atoms with Crippen molar-refractivity contribution in [3.05, 3.63) is 19.9 Å². The van der Waals surface area contributed by atoms with E-state index in [4.69, 9.17) is 0 Å². The lowest BCUT2D eigenvalue weighted by Gasteiger charge is -2.15. The summed E-state index contributed by atoms with van der Waals surface area (Å²) in [5, 5.41) is 5.94. The van der Waals surface area contributed by atoms with Crippen LogP contribution in [-0.2, 0) is 0 Å². The van der Waals surface area contributed by atoms with Crippen molar-refractivity contribution in [1.82, 2.24) is 5.32 Å². The molecule has 0 saturated heterocycles. The summed E-state index contributed by atoms with van der Waals surface area (Å²) >= 11 is 7.30. The summed E-state index contributed by atoms with van der Waals surface area (Å²) < 4.78 is 1.15. The van der Waals surface area contributed by atoms with Crippen molar-refractivity contribution in [2.24, 2.45) is 5.92 Å². The molecule has 1 aromatic heterocycles. The lowest BCUT2D eigenvalue weighted by atomic mass is 10.0. The number of hydrogen-bond acceptors (Lipinski definition) is 2. The number of rotatable bonds is 7. The highest BCUT2D eigenvalue weighted by Crippen LogP contribution is 2.17. The molecule has 0 spiro atoms. The van der Waals surface area contributed by atoms with Gasteiger partial charge in [0.15, 0.2) is 0 Å². The predicted molar refractivity (Wildman–Crippen MR) is 86.2 cm³/mol. The molecule has 1 unspecified atom stereocenters. The van der Waals surface area contributed by atoms with E-state index >= 15 is 0 Å². The number of nitrogens with one attached hydrogen (secondary N) is 1. The molecule has 0 saturated carbocycles. The standard InChI is InChI=1S/C12H17BrINOS/c1-2-3-9(4-5-13)7-15-12(16)10-6-11(14)17-8-10/h6,8-9H,2-5,7H2,1H3,(H,15,16). The molecule has 1 heterocycles. The number of thiophene rings is 1. The molecule has 96 valence electrons. The Morgan fingerprint density at radius 1 is 1.59 bits per heavy atom. The van der Waals surface area contributed by atoms with E-state index in [-0.39, 0.29) is 5.91 Å². The molecule has 0 radical (unpaired) electrons. The summed E-state index contributed by atoms with van der Waals surface area (Å²) in [6.07, 6.45) is 3.46. The van der Waals surface area contributed by atoms with Gasteiger partial charge in [0.1, 0.15) is 0 Å². The monoisotopic (exact) mass is 429 g/mol. The zero-order valence-electron chi connectivity index (χ0n) is 9.84. The zero-order valence-corrected chi connectivity index (χ0v) is 14.4. The largest absolute Gasteiger partial charge is 0.352 e. The van der Waals surface area contributed by atoms with E-state index in [1.54, 1.807) is 11.3 Å². The van der Waals surface area contributed by atoms with Gasteiger partial charge in [-0.15, -0.1) is 11.3 Å². The van der Waals surface area contributed by atoms with E-state index in [9.17, 15) is 4.79 Å². The van der Waals surface area contributed by atoms with Gasteiger partial charge in [-0.2, -0.15) is 0 Å². The van der Waals surface area contributed by atoms with Crippen LogP contribution in [0.5, 0.6) is 0 Å². The summed E-state index contributed by atoms with van der Waals surface area (Å²) in [6.45, 7) is 2.97. The number of hydrogen-bond donors (Lipinski definition) is 1. The summed E-state index contributed by atoms with van der Waals surface area (Å²) in [4.78, 5) is 11.9. The van der Waals surface area contributed by atoms with Crippen LogP contribution in [0, 0.1) is 8.80 Å². The van der Waals surface area contributed by atoms with E-state index in [0.29, 0.717) is 5.92 Å². The number of carbonyl (C=O) groups is 1. The van der Waals surface area contributed by atoms with Gasteiger partial charge in [0.05, 0.1) is 8.45 Å². The molecule has 17 heavy (non-hydrogen) atoms. The number of carbonyl (C=O) groups excluding carboxylic acids is 1. The van der Waals surface area contributed by atoms with Crippen LogP contribution in [0.25, 0.3) is 0 Å². The highest BCUT2D eigenvalue weighted by atomic mass is 127. The molecule has 1 rings (SSSR count). The predicted octanol–water partition coefficient (Wildman–Crippen LogP) is 4.28. The Hall–Kier alpha value is 0.380. The molecule has 2 nitrogen and oxygen atoms in total. The molecular formula is C12H17BrINOS. The van der Waals surface area contributed by atoms with Crippen LogP contribution in [0.4, 0.5) is 0 Å². The van der Waals surface area contributed by atoms with Crippen LogP contribution in [-0.4, -0.2) is 17.8 Å². The van der Waals surface area contributed by atoms with Gasteiger partial charge in [0.25, 0.3) is 5.91 Å². The third kappa shape index (κ3) is 5.70. The van der Waals surface area contributed by atoms with Crippen molar-refractivity contribution in [3.63, 3.8) is 0 Å². The molecule has 0 aliphatic heterocycles. The van der Waals surface area contributed by atoms with Crippen molar-refractivity contribution >= 4 is 55.8 Å². The zero-order chi connectivity index (χ0) is 12.7. The summed E-state index contributed by atoms with van der Waals surface area (Å²) in [7, 11) is 0. The topological polar surface area (TPSA) is 29.1 Å². The first-order valence-electron chi connectivity index (χ1n) is 5.75. The van der Waals surface area contributed by atoms with Gasteiger partial charge in [0, 0.05) is 17.3 Å². The smallest absolute Gasteiger partial charge is 0.252 e. The first-order valence-corrected chi connectivity index (χ1v) is 8.83. The second-order valence-electron chi connectivity index (χ2n) is 3.98. The van der Waals surface area contributed by atoms with Gasteiger partial charge in [-0.05, 0) is 47.4 Å². The van der Waals surface area contributed by atoms with Crippen LogP contribution in [0.2, 0.25) is 0 Å². The van der Waals surface area contributed by atoms with Gasteiger partial charge in [0.2, 0.25) is 0 Å². The van der Waals surface area contributed by atoms with Crippen molar-refractivity contribution in [1.29, 1.82) is 0 Å². The lowest BCUT2D eigenvalue weighted by molar-refractivity contribution is 0.0946. The number of alkyl halides is 1. The molecule has 1 atom stereocenters. The maximum Gasteiger partial charge on any atom is 0.252 e. The number of halogens is 2. The molecule has 1 amide bonds. The van der Waals surface area contributed by atoms with E-state index in [1.807, 2.05) is 11.4 Å². The van der Waals surface area contributed by atoms with Crippen LogP contribution in [0.3, 0.4) is 0 Å². The minimum atomic E-state index is 0.0554. The Morgan fingerprint density at radius 3 is 2.88 bits per heavy atom.